The van der Waals surface area contributed by atoms with Crippen molar-refractivity contribution in [3.05, 3.63) is 30.3 Å². The summed E-state index contributed by atoms with van der Waals surface area (Å²) in [5.41, 5.74) is 0. The molecule has 0 saturated carbocycles. The number of nitrogens with one attached hydrogen (secondary N) is 2. The Hall–Kier alpha value is -1.45. The molecule has 27 heavy (non-hydrogen) atoms. The van der Waals surface area contributed by atoms with Crippen molar-refractivity contribution in [2.75, 3.05) is 38.2 Å². The predicted molar refractivity (Wildman–Crippen MR) is 111 cm³/mol. The number of piperidine rings is 1. The molecule has 0 spiro atoms. The van der Waals surface area contributed by atoms with Crippen LogP contribution in [0.1, 0.15) is 26.2 Å². The van der Waals surface area contributed by atoms with Gasteiger partial charge in [-0.25, -0.2) is 12.7 Å². The average Bonchev–Trinajstić information content (AvgIpc) is 2.68. The zero-order chi connectivity index (χ0) is 19.7. The van der Waals surface area contributed by atoms with E-state index < -0.39 is 20.8 Å². The number of rotatable bonds is 8. The zero-order valence-electron chi connectivity index (χ0n) is 16.1. The molecule has 1 heterocycles. The second kappa shape index (κ2) is 10.8. The number of sulfonamides is 1. The summed E-state index contributed by atoms with van der Waals surface area (Å²) >= 11 is 0. The van der Waals surface area contributed by atoms with Gasteiger partial charge >= 0.3 is 0 Å². The van der Waals surface area contributed by atoms with Gasteiger partial charge in [0.15, 0.2) is 5.96 Å². The quantitative estimate of drug-likeness (QED) is 0.492. The highest BCUT2D eigenvalue weighted by Crippen LogP contribution is 2.15. The van der Waals surface area contributed by atoms with Gasteiger partial charge in [0.1, 0.15) is 0 Å². The third-order valence-electron chi connectivity index (χ3n) is 4.46. The molecule has 1 aliphatic heterocycles. The number of benzene rings is 1. The first-order valence-electron chi connectivity index (χ1n) is 9.34. The molecule has 0 amide bonds. The van der Waals surface area contributed by atoms with Crippen LogP contribution in [0.2, 0.25) is 0 Å². The summed E-state index contributed by atoms with van der Waals surface area (Å²) < 4.78 is 38.1. The summed E-state index contributed by atoms with van der Waals surface area (Å²) in [5.74, 6) is 1.38. The van der Waals surface area contributed by atoms with Gasteiger partial charge in [0.2, 0.25) is 10.0 Å². The maximum absolute atomic E-state index is 12.2. The minimum atomic E-state index is -3.12. The largest absolute Gasteiger partial charge is 0.355 e. The molecule has 9 heteroatoms. The van der Waals surface area contributed by atoms with E-state index in [4.69, 9.17) is 0 Å². The Kier molecular flexibility index (Phi) is 8.72. The van der Waals surface area contributed by atoms with E-state index in [0.717, 1.165) is 17.7 Å². The Morgan fingerprint density at radius 1 is 1.26 bits per heavy atom. The Labute approximate surface area is 165 Å². The first-order valence-corrected chi connectivity index (χ1v) is 12.3. The first kappa shape index (κ1) is 21.8. The Bertz CT molecular complexity index is 730. The number of nitrogens with zero attached hydrogens (tertiary/aromatic N) is 2. The fourth-order valence-electron chi connectivity index (χ4n) is 3.01. The summed E-state index contributed by atoms with van der Waals surface area (Å²) in [6.45, 7) is 3.50. The second-order valence-corrected chi connectivity index (χ2v) is 10.2. The molecule has 1 aromatic carbocycles. The molecular formula is C18H30N4O3S2. The lowest BCUT2D eigenvalue weighted by molar-refractivity contribution is 0.306. The average molecular weight is 415 g/mol. The van der Waals surface area contributed by atoms with Crippen LogP contribution >= 0.6 is 0 Å². The minimum absolute atomic E-state index is 0.184. The van der Waals surface area contributed by atoms with E-state index in [9.17, 15) is 12.6 Å². The first-order chi connectivity index (χ1) is 13.0. The van der Waals surface area contributed by atoms with Crippen molar-refractivity contribution in [2.24, 2.45) is 4.99 Å². The van der Waals surface area contributed by atoms with Gasteiger partial charge in [-0.1, -0.05) is 25.1 Å². The third kappa shape index (κ3) is 6.90. The molecule has 1 aliphatic rings. The van der Waals surface area contributed by atoms with Gasteiger partial charge in [0, 0.05) is 43.4 Å². The van der Waals surface area contributed by atoms with Gasteiger partial charge in [0.05, 0.1) is 16.6 Å². The van der Waals surface area contributed by atoms with Crippen molar-refractivity contribution in [3.8, 4) is 0 Å². The normalized spacial score (nSPS) is 18.2. The lowest BCUT2D eigenvalue weighted by Gasteiger charge is -2.32. The molecule has 1 aromatic rings. The van der Waals surface area contributed by atoms with E-state index in [1.807, 2.05) is 37.3 Å². The van der Waals surface area contributed by atoms with E-state index in [-0.39, 0.29) is 11.8 Å². The van der Waals surface area contributed by atoms with Gasteiger partial charge in [0.25, 0.3) is 0 Å². The number of hydrogen-bond donors (Lipinski definition) is 2. The van der Waals surface area contributed by atoms with Crippen molar-refractivity contribution in [2.45, 2.75) is 37.1 Å². The van der Waals surface area contributed by atoms with E-state index in [0.29, 0.717) is 37.8 Å². The molecule has 0 bridgehead atoms. The zero-order valence-corrected chi connectivity index (χ0v) is 17.7. The molecule has 0 aliphatic carbocycles. The minimum Gasteiger partial charge on any atom is -0.355 e. The molecule has 1 saturated heterocycles. The second-order valence-electron chi connectivity index (χ2n) is 6.50. The fourth-order valence-corrected chi connectivity index (χ4v) is 5.53. The molecular weight excluding hydrogens is 384 g/mol. The SMILES string of the molecule is CCCS(=O)(=O)N1CCC(NC(=NC)NCCS(=O)c2ccccc2)CC1. The molecule has 152 valence electrons. The standard InChI is InChI=1S/C18H30N4O3S2/c1-3-15-27(24,25)22-12-9-16(10-13-22)21-18(19-2)20-11-14-26(23)17-7-5-4-6-8-17/h4-8,16H,3,9-15H2,1-2H3,(H2,19,20,21). The van der Waals surface area contributed by atoms with Crippen LogP contribution in [0.3, 0.4) is 0 Å². The molecule has 2 rings (SSSR count). The predicted octanol–water partition coefficient (Wildman–Crippen LogP) is 1.16. The third-order valence-corrected chi connectivity index (χ3v) is 7.91. The van der Waals surface area contributed by atoms with Crippen molar-refractivity contribution in [1.82, 2.24) is 14.9 Å². The van der Waals surface area contributed by atoms with Crippen molar-refractivity contribution >= 4 is 26.8 Å². The van der Waals surface area contributed by atoms with Gasteiger partial charge in [-0.05, 0) is 31.4 Å². The van der Waals surface area contributed by atoms with E-state index in [2.05, 4.69) is 15.6 Å². The van der Waals surface area contributed by atoms with Crippen LogP contribution in [0.4, 0.5) is 0 Å². The van der Waals surface area contributed by atoms with Crippen LogP contribution < -0.4 is 10.6 Å². The molecule has 7 nitrogen and oxygen atoms in total. The lowest BCUT2D eigenvalue weighted by atomic mass is 10.1. The summed E-state index contributed by atoms with van der Waals surface area (Å²) in [4.78, 5) is 5.03. The monoisotopic (exact) mass is 414 g/mol. The topological polar surface area (TPSA) is 90.9 Å². The molecule has 2 N–H and O–H groups in total. The highest BCUT2D eigenvalue weighted by molar-refractivity contribution is 7.89. The molecule has 1 unspecified atom stereocenters. The Balaban J connectivity index is 1.74. The number of guanidine groups is 1. The van der Waals surface area contributed by atoms with Gasteiger partial charge < -0.3 is 10.6 Å². The lowest BCUT2D eigenvalue weighted by Crippen LogP contribution is -2.50. The summed E-state index contributed by atoms with van der Waals surface area (Å²) in [7, 11) is -2.46. The Morgan fingerprint density at radius 3 is 2.52 bits per heavy atom. The van der Waals surface area contributed by atoms with Crippen LogP contribution in [0, 0.1) is 0 Å². The molecule has 0 aromatic heterocycles. The highest BCUT2D eigenvalue weighted by atomic mass is 32.2. The van der Waals surface area contributed by atoms with Crippen LogP contribution in [0.15, 0.2) is 40.2 Å². The summed E-state index contributed by atoms with van der Waals surface area (Å²) in [6.07, 6.45) is 2.14. The van der Waals surface area contributed by atoms with E-state index in [1.54, 1.807) is 11.4 Å². The summed E-state index contributed by atoms with van der Waals surface area (Å²) in [6, 6.07) is 9.59. The van der Waals surface area contributed by atoms with Crippen LogP contribution in [0.5, 0.6) is 0 Å². The van der Waals surface area contributed by atoms with E-state index >= 15 is 0 Å². The van der Waals surface area contributed by atoms with Gasteiger partial charge in [-0.2, -0.15) is 0 Å². The highest BCUT2D eigenvalue weighted by Gasteiger charge is 2.27. The van der Waals surface area contributed by atoms with Crippen molar-refractivity contribution < 1.29 is 12.6 Å². The van der Waals surface area contributed by atoms with Gasteiger partial charge in [-0.15, -0.1) is 0 Å². The summed E-state index contributed by atoms with van der Waals surface area (Å²) in [5, 5.41) is 6.53. The van der Waals surface area contributed by atoms with Crippen molar-refractivity contribution in [3.63, 3.8) is 0 Å². The Morgan fingerprint density at radius 2 is 1.93 bits per heavy atom. The fraction of sp³-hybridized carbons (Fsp3) is 0.611. The van der Waals surface area contributed by atoms with Crippen molar-refractivity contribution in [1.29, 1.82) is 0 Å². The number of aliphatic imine (C=N–C) groups is 1. The van der Waals surface area contributed by atoms with Crippen LogP contribution in [0.25, 0.3) is 0 Å². The maximum atomic E-state index is 12.2. The van der Waals surface area contributed by atoms with Crippen LogP contribution in [-0.2, 0) is 20.8 Å². The van der Waals surface area contributed by atoms with Crippen LogP contribution in [-0.4, -0.2) is 67.1 Å². The van der Waals surface area contributed by atoms with Gasteiger partial charge in [-0.3, -0.25) is 9.20 Å². The molecule has 1 fully saturated rings. The smallest absolute Gasteiger partial charge is 0.214 e. The molecule has 0 radical (unpaired) electrons. The maximum Gasteiger partial charge on any atom is 0.214 e. The molecule has 1 atom stereocenters. The number of hydrogen-bond acceptors (Lipinski definition) is 4. The van der Waals surface area contributed by atoms with E-state index in [1.165, 1.54) is 0 Å².